The van der Waals surface area contributed by atoms with E-state index in [2.05, 4.69) is 17.9 Å². The molecule has 114 unspecified atom stereocenters. The molecule has 0 aromatic heterocycles. The second-order valence-electron chi connectivity index (χ2n) is 84.2. The van der Waals surface area contributed by atoms with Crippen molar-refractivity contribution in [1.29, 1.82) is 0 Å². The fourth-order valence-corrected chi connectivity index (χ4v) is 143. The van der Waals surface area contributed by atoms with Crippen molar-refractivity contribution < 1.29 is 0 Å². The third-order valence-electron chi connectivity index (χ3n) is 112. The molecule has 0 aromatic rings. The van der Waals surface area contributed by atoms with E-state index in [0.29, 0.717) is 0 Å². The Kier molecular flexibility index (Phi) is 3.04. The first-order chi connectivity index (χ1) is 66.2. The minimum absolute atomic E-state index is 0. The molecule has 63 spiro atoms. The van der Waals surface area contributed by atoms with Crippen molar-refractivity contribution >= 4 is 27.8 Å². The molecule has 136 heavy (non-hydrogen) atoms. The summed E-state index contributed by atoms with van der Waals surface area (Å²) in [5.74, 6) is 74.6. The topological polar surface area (TPSA) is 0 Å². The highest BCUT2D eigenvalue weighted by atomic mass is 32.0. The summed E-state index contributed by atoms with van der Waals surface area (Å²) in [7, 11) is 4.67. The molecule has 0 radical (unpaired) electrons. The SMILES string of the molecule is C.C.C1C2C3C4C5C6C7CC8C9C%10C%11C%12[C@@H]%13C%14C%15C%16C%17CC%18C%19C%20C%21C%22C%23CC%24C%25C%26C%27C%28C%29C%30C%31C%32C1C21C32C43C54C65C78C96C%107C%118C9%10C7%11C56C45C34C23C%321C%311C%302C67C13C41C5%11C93C16C14C35C%103C%128[C@@]%136C%148C%159C%16%10C%18%17C%19%11C%20%12C%21%13C%22%14C%23%24C%25%15C%26%16C%17%18C%14%15C%13%14C%12%13C%11%10C9%10C%139C%14%17C%11%12C9%13C%108[C@]36C%135C%111[C@@]13C%18%12C%27%16[C@@]%281C%292C743.C1CC2CC3CCC4C3C3C4C4C5C6C7C8C9C%10C%11CC%12CC%13CCC(C1)C8(C9C%10C%13%12%11)C7[C@@H]6C5C234.P.PP. The molecule has 0 aliphatic heterocycles. The van der Waals surface area contributed by atoms with E-state index < -0.39 is 0 Å². The van der Waals surface area contributed by atoms with Crippen molar-refractivity contribution in [3.8, 4) is 0 Å². The highest BCUT2D eigenvalue weighted by Gasteiger charge is 3.89. The van der Waals surface area contributed by atoms with Crippen molar-refractivity contribution in [2.45, 2.75) is 105 Å². The van der Waals surface area contributed by atoms with E-state index in [1.807, 2.05) is 25.7 Å². The summed E-state index contributed by atoms with van der Waals surface area (Å²) in [4.78, 5) is 0. The predicted molar refractivity (Wildman–Crippen MR) is 467 cm³/mol. The second-order valence-corrected chi connectivity index (χ2v) is 84.2. The molecule has 92 aliphatic rings. The molecule has 120 atom stereocenters. The molecular formula is C133H97P3. The van der Waals surface area contributed by atoms with Crippen molar-refractivity contribution in [1.82, 2.24) is 0 Å². The largest absolute Gasteiger partial charge is 0.153 e. The van der Waals surface area contributed by atoms with Crippen LogP contribution in [0.25, 0.3) is 0 Å². The Morgan fingerprint density at radius 1 is 0.147 bits per heavy atom. The van der Waals surface area contributed by atoms with Gasteiger partial charge in [-0.05, 0) is 744 Å². The Bertz CT molecular complexity index is 9160. The van der Waals surface area contributed by atoms with Crippen LogP contribution in [0.2, 0.25) is 0 Å². The van der Waals surface area contributed by atoms with Gasteiger partial charge < -0.3 is 0 Å². The maximum atomic E-state index is 2.33. The van der Waals surface area contributed by atoms with Crippen LogP contribution < -0.4 is 0 Å². The van der Waals surface area contributed by atoms with Crippen LogP contribution in [0.4, 0.5) is 0 Å². The van der Waals surface area contributed by atoms with Gasteiger partial charge in [0.2, 0.25) is 0 Å². The molecule has 0 nitrogen and oxygen atoms in total. The normalized spacial score (nSPS) is 134. The van der Waals surface area contributed by atoms with Gasteiger partial charge in [-0.1, -0.05) is 21.3 Å². The molecule has 92 fully saturated rings. The van der Waals surface area contributed by atoms with Gasteiger partial charge in [0.05, 0.1) is 0 Å². The van der Waals surface area contributed by atoms with Gasteiger partial charge in [-0.25, -0.2) is 0 Å². The van der Waals surface area contributed by atoms with Crippen LogP contribution in [0.1, 0.15) is 105 Å². The number of hydrogen-bond acceptors (Lipinski definition) is 0. The van der Waals surface area contributed by atoms with Crippen molar-refractivity contribution in [3.05, 3.63) is 114 Å². The van der Waals surface area contributed by atoms with Crippen molar-refractivity contribution in [2.24, 2.45) is 547 Å². The summed E-state index contributed by atoms with van der Waals surface area (Å²) in [5, 5.41) is 0. The lowest BCUT2D eigenvalue weighted by molar-refractivity contribution is -1.27. The van der Waals surface area contributed by atoms with Crippen LogP contribution >= 0.6 is 27.8 Å². The molecule has 0 saturated heterocycles. The lowest BCUT2D eigenvalue weighted by Crippen LogP contribution is -3.79. The molecule has 0 heterocycles. The monoisotopic (exact) mass is 1790 g/mol. The molecule has 0 bridgehead atoms. The van der Waals surface area contributed by atoms with Gasteiger partial charge in [-0.2, -0.15) is 9.90 Å². The average molecular weight is 1790 g/mol. The second kappa shape index (κ2) is 8.09. The van der Waals surface area contributed by atoms with Crippen LogP contribution in [0, 0.1) is 661 Å². The smallest absolute Gasteiger partial charge is 0.0000127 e. The summed E-state index contributed by atoms with van der Waals surface area (Å²) in [6.07, 6.45) is 24.7. The van der Waals surface area contributed by atoms with E-state index in [0.717, 1.165) is 190 Å². The van der Waals surface area contributed by atoms with Gasteiger partial charge in [0, 0.05) is 0 Å². The minimum Gasteiger partial charge on any atom is -0.153 e. The third-order valence-corrected chi connectivity index (χ3v) is 112. The molecular weight excluding hydrogens is 1690 g/mol. The standard InChI is InChI=1S/C96H40.C35H42.2CH4.H4P2.H3P/c1-5-13-21-22-14-6-2-10-18-27-31-35-36-32-28-20-12-4-8-16-24-23-15-7-3-11-19-26-30-34-33-29-25-17-9(1)37(5)41(13)49(21)50(22)42(14)38(6,10)46(18)55(27)59(31)63(35)64(36)60(32)56(28)48(20)40(8,12)44(16)52(24)51(23)43(15)39(7,11)47(19)54(26)58(30)62(34)61(33)57(29)53(25)45(17,37)65(41)69(49)70(50)66(42,46)74(55)79(59)83(63)84(64)80(60)76(56)68(44,48)72(52)71(51)67(43,47)75(54)78(58)82(62)81(61)77(57)73(53,65)85(69)86(70,74)90(79)89(77,85)93(81)94(82)91(78)87(71,75)88(72,76)92(80,91)96(84,94)95(83,90)93;1-2-12-5-6-14-9-15-10-17-20-22-28-24-21-23-27-19-16-7-4-11-8-13(3-1)35(27,26(19)18(11)16)30(23)25(21)29(24)34(12,28)32(22)31(20)33(14,15)17;;;1-2;/h5-36H,1-4H2;11-32H,1-10H2;2*1H4;1-2H2;1H3/t5?,6?,7?,8?,9?,10?,11?,12?,13?,14?,15?,16?,17?,18?,19?,20?,21?,22?,23?,24?,25?,26?,27?,28?,29?,30?,31?,32?,33-,34?,35?,36?,37?,38?,39?,40?,41?,42?,43?,44?,45?,46?,47?,48?,49?,50?,51?,52?,53?,54?,55?,56?,57?,58?,59?,60?,61-,62?,63+,64?,65?,66?,67?,68?,69?,70?,71?,72?,73?,74?,75?,76?,77?,78?,79?,80?,81-,82?,83+,84?,85?,86?,87?,88?,89?,90?,91?,92?,93?,94?,95?,96?;11?,12?,13?,14?,15?,16?,17?,18?,19?,20?,21?,22?,23?,24?,25-,26?,27?,28?,29?,30?,31?,32?,33?,34?,35?;;;;/m01..../s1. The van der Waals surface area contributed by atoms with E-state index in [9.17, 15) is 0 Å². The van der Waals surface area contributed by atoms with Crippen LogP contribution in [-0.2, 0) is 0 Å². The first-order valence-electron chi connectivity index (χ1n) is 65.5. The molecule has 92 rings (SSSR count). The molecule has 644 valence electrons. The fraction of sp³-hybridized carbons (Fsp3) is 1.00. The molecule has 3 heteroatoms. The van der Waals surface area contributed by atoms with Crippen molar-refractivity contribution in [3.63, 3.8) is 0 Å². The van der Waals surface area contributed by atoms with Gasteiger partial charge in [0.15, 0.2) is 0 Å². The molecule has 0 aromatic carbocycles. The maximum Gasteiger partial charge on any atom is -0.0000127 e. The number of hydrogen-bond donors (Lipinski definition) is 0. The van der Waals surface area contributed by atoms with Gasteiger partial charge in [0.25, 0.3) is 0 Å². The predicted octanol–water partition coefficient (Wildman–Crippen LogP) is 15.8. The van der Waals surface area contributed by atoms with E-state index in [1.54, 1.807) is 64.2 Å². The quantitative estimate of drug-likeness (QED) is 0.212. The summed E-state index contributed by atoms with van der Waals surface area (Å²) in [5.41, 5.74) is 72.4. The van der Waals surface area contributed by atoms with Gasteiger partial charge >= 0.3 is 0 Å². The number of fused-ring (bicyclic) bond motifs is 37. The molecule has 92 saturated carbocycles. The van der Waals surface area contributed by atoms with Crippen LogP contribution in [0.5, 0.6) is 0 Å². The van der Waals surface area contributed by atoms with Crippen LogP contribution in [-0.4, -0.2) is 0 Å². The van der Waals surface area contributed by atoms with Gasteiger partial charge in [0.1, 0.15) is 0 Å². The van der Waals surface area contributed by atoms with E-state index in [1.165, 1.54) is 471 Å². The summed E-state index contributed by atoms with van der Waals surface area (Å²) < 4.78 is 0. The van der Waals surface area contributed by atoms with Gasteiger partial charge in [-0.15, -0.1) is 17.9 Å². The third kappa shape index (κ3) is 1.17. The van der Waals surface area contributed by atoms with Crippen molar-refractivity contribution in [2.75, 3.05) is 0 Å². The van der Waals surface area contributed by atoms with E-state index >= 15 is 0 Å². The zero-order chi connectivity index (χ0) is 74.6. The minimum atomic E-state index is 0. The Morgan fingerprint density at radius 3 is 0.713 bits per heavy atom. The Labute approximate surface area is 787 Å². The van der Waals surface area contributed by atoms with Crippen LogP contribution in [0.15, 0.2) is 0 Å². The summed E-state index contributed by atoms with van der Waals surface area (Å²) >= 11 is 0. The highest BCUT2D eigenvalue weighted by Crippen LogP contribution is 3.93. The first kappa shape index (κ1) is 51.1. The molecule has 0 N–H and O–H groups in total. The zero-order valence-corrected chi connectivity index (χ0v) is 78.2. The lowest BCUT2D eigenvalue weighted by Gasteiger charge is -3.82. The average Bonchev–Trinajstić information content (AvgIpc) is 0.395. The van der Waals surface area contributed by atoms with Crippen LogP contribution in [0.3, 0.4) is 0 Å². The first-order valence-corrected chi connectivity index (χ1v) is 68.2. The Hall–Kier alpha value is 1.29. The van der Waals surface area contributed by atoms with E-state index in [4.69, 9.17) is 0 Å². The Balaban J connectivity index is 0.000000121. The van der Waals surface area contributed by atoms with E-state index in [-0.39, 0.29) is 24.8 Å². The fourth-order valence-electron chi connectivity index (χ4n) is 143. The maximum absolute atomic E-state index is 2.33. The summed E-state index contributed by atoms with van der Waals surface area (Å²) in [6, 6.07) is 0. The lowest BCUT2D eigenvalue weighted by atomic mass is 8.19. The molecule has 92 aliphatic carbocycles. The number of rotatable bonds is 0. The summed E-state index contributed by atoms with van der Waals surface area (Å²) in [6.45, 7) is 0. The zero-order valence-electron chi connectivity index (χ0n) is 74.4. The Morgan fingerprint density at radius 2 is 0.390 bits per heavy atom. The highest BCUT2D eigenvalue weighted by molar-refractivity contribution is 7.92. The molecule has 0 amide bonds. The van der Waals surface area contributed by atoms with Gasteiger partial charge in [-0.3, -0.25) is 0 Å².